The molecule has 0 spiro atoms. The number of tetrazole rings is 1. The highest BCUT2D eigenvalue weighted by molar-refractivity contribution is 5.78. The second kappa shape index (κ2) is 7.94. The first-order valence-corrected chi connectivity index (χ1v) is 8.93. The van der Waals surface area contributed by atoms with Gasteiger partial charge in [0.25, 0.3) is 0 Å². The van der Waals surface area contributed by atoms with E-state index in [-0.39, 0.29) is 5.91 Å². The van der Waals surface area contributed by atoms with Crippen molar-refractivity contribution in [2.24, 2.45) is 5.92 Å². The Morgan fingerprint density at radius 3 is 2.63 bits per heavy atom. The van der Waals surface area contributed by atoms with Crippen molar-refractivity contribution in [3.8, 4) is 11.6 Å². The van der Waals surface area contributed by atoms with Crippen LogP contribution in [0.1, 0.15) is 24.0 Å². The van der Waals surface area contributed by atoms with Crippen molar-refractivity contribution in [2.75, 3.05) is 6.61 Å². The van der Waals surface area contributed by atoms with Crippen LogP contribution in [0.25, 0.3) is 5.69 Å². The minimum atomic E-state index is -0.0424. The van der Waals surface area contributed by atoms with Crippen molar-refractivity contribution in [3.63, 3.8) is 0 Å². The average Bonchev–Trinajstić information content (AvgIpc) is 3.37. The molecule has 1 N–H and O–H groups in total. The number of nitrogens with one attached hydrogen (secondary N) is 1. The molecule has 2 aromatic heterocycles. The van der Waals surface area contributed by atoms with E-state index in [0.717, 1.165) is 23.4 Å². The van der Waals surface area contributed by atoms with Crippen LogP contribution in [0.4, 0.5) is 0 Å². The van der Waals surface area contributed by atoms with E-state index in [1.807, 2.05) is 36.4 Å². The standard InChI is InChI=1S/C19H20N6O2/c26-18(9-14-3-6-17(7-4-14)25-13-22-23-24-25)20-10-16-5-8-19(21-11-16)27-12-15-1-2-15/h3-8,11,13,15H,1-2,9-10,12H2,(H,20,26). The first-order chi connectivity index (χ1) is 13.3. The Hall–Kier alpha value is -3.29. The maximum atomic E-state index is 12.2. The highest BCUT2D eigenvalue weighted by Crippen LogP contribution is 2.29. The van der Waals surface area contributed by atoms with Crippen LogP contribution in [0, 0.1) is 5.92 Å². The monoisotopic (exact) mass is 364 g/mol. The van der Waals surface area contributed by atoms with Gasteiger partial charge in [-0.2, -0.15) is 0 Å². The molecule has 1 amide bonds. The van der Waals surface area contributed by atoms with Crippen LogP contribution in [-0.4, -0.2) is 37.7 Å². The summed E-state index contributed by atoms with van der Waals surface area (Å²) in [7, 11) is 0. The van der Waals surface area contributed by atoms with Crippen molar-refractivity contribution < 1.29 is 9.53 Å². The van der Waals surface area contributed by atoms with Crippen molar-refractivity contribution in [1.29, 1.82) is 0 Å². The molecule has 2 heterocycles. The van der Waals surface area contributed by atoms with Gasteiger partial charge >= 0.3 is 0 Å². The van der Waals surface area contributed by atoms with Gasteiger partial charge in [-0.05, 0) is 52.4 Å². The number of pyridine rings is 1. The summed E-state index contributed by atoms with van der Waals surface area (Å²) in [5, 5.41) is 14.0. The van der Waals surface area contributed by atoms with E-state index in [1.165, 1.54) is 19.2 Å². The summed E-state index contributed by atoms with van der Waals surface area (Å²) in [6.45, 7) is 1.19. The van der Waals surface area contributed by atoms with E-state index in [0.29, 0.717) is 24.8 Å². The normalized spacial score (nSPS) is 13.3. The van der Waals surface area contributed by atoms with E-state index in [4.69, 9.17) is 4.74 Å². The molecular formula is C19H20N6O2. The number of nitrogens with zero attached hydrogens (tertiary/aromatic N) is 5. The van der Waals surface area contributed by atoms with Gasteiger partial charge in [-0.15, -0.1) is 5.10 Å². The maximum Gasteiger partial charge on any atom is 0.224 e. The molecule has 1 aromatic carbocycles. The molecule has 1 saturated carbocycles. The number of ether oxygens (including phenoxy) is 1. The Morgan fingerprint density at radius 2 is 1.96 bits per heavy atom. The number of carbonyl (C=O) groups excluding carboxylic acids is 1. The van der Waals surface area contributed by atoms with Gasteiger partial charge in [-0.25, -0.2) is 9.67 Å². The van der Waals surface area contributed by atoms with E-state index in [2.05, 4.69) is 25.8 Å². The van der Waals surface area contributed by atoms with Crippen LogP contribution in [-0.2, 0) is 17.8 Å². The Morgan fingerprint density at radius 1 is 1.15 bits per heavy atom. The second-order valence-electron chi connectivity index (χ2n) is 6.63. The molecular weight excluding hydrogens is 344 g/mol. The van der Waals surface area contributed by atoms with E-state index >= 15 is 0 Å². The molecule has 1 aliphatic rings. The van der Waals surface area contributed by atoms with E-state index in [1.54, 1.807) is 10.9 Å². The average molecular weight is 364 g/mol. The highest BCUT2D eigenvalue weighted by atomic mass is 16.5. The Kier molecular flexibility index (Phi) is 5.04. The first kappa shape index (κ1) is 17.1. The summed E-state index contributed by atoms with van der Waals surface area (Å²) < 4.78 is 7.18. The third kappa shape index (κ3) is 4.87. The third-order valence-corrected chi connectivity index (χ3v) is 4.37. The molecule has 3 aromatic rings. The SMILES string of the molecule is O=C(Cc1ccc(-n2cnnn2)cc1)NCc1ccc(OCC2CC2)nc1. The fourth-order valence-corrected chi connectivity index (χ4v) is 2.58. The summed E-state index contributed by atoms with van der Waals surface area (Å²) >= 11 is 0. The van der Waals surface area contributed by atoms with Crippen molar-refractivity contribution in [1.82, 2.24) is 30.5 Å². The molecule has 8 nitrogen and oxygen atoms in total. The van der Waals surface area contributed by atoms with Gasteiger partial charge in [-0.1, -0.05) is 18.2 Å². The Labute approximate surface area is 156 Å². The summed E-state index contributed by atoms with van der Waals surface area (Å²) in [4.78, 5) is 16.4. The molecule has 0 saturated heterocycles. The number of carbonyl (C=O) groups is 1. The summed E-state index contributed by atoms with van der Waals surface area (Å²) in [6.07, 6.45) is 6.09. The number of rotatable bonds is 8. The largest absolute Gasteiger partial charge is 0.477 e. The van der Waals surface area contributed by atoms with Crippen LogP contribution < -0.4 is 10.1 Å². The van der Waals surface area contributed by atoms with Gasteiger partial charge < -0.3 is 10.1 Å². The molecule has 138 valence electrons. The molecule has 0 aliphatic heterocycles. The summed E-state index contributed by atoms with van der Waals surface area (Å²) in [6, 6.07) is 11.3. The molecule has 0 unspecified atom stereocenters. The number of aromatic nitrogens is 5. The van der Waals surface area contributed by atoms with Crippen molar-refractivity contribution in [3.05, 3.63) is 60.0 Å². The number of hydrogen-bond acceptors (Lipinski definition) is 6. The van der Waals surface area contributed by atoms with Gasteiger partial charge in [-0.3, -0.25) is 4.79 Å². The van der Waals surface area contributed by atoms with Gasteiger partial charge in [0, 0.05) is 18.8 Å². The maximum absolute atomic E-state index is 12.2. The highest BCUT2D eigenvalue weighted by Gasteiger charge is 2.22. The van der Waals surface area contributed by atoms with Crippen LogP contribution in [0.3, 0.4) is 0 Å². The lowest BCUT2D eigenvalue weighted by molar-refractivity contribution is -0.120. The van der Waals surface area contributed by atoms with Gasteiger partial charge in [0.2, 0.25) is 11.8 Å². The van der Waals surface area contributed by atoms with Crippen molar-refractivity contribution in [2.45, 2.75) is 25.8 Å². The van der Waals surface area contributed by atoms with E-state index < -0.39 is 0 Å². The minimum Gasteiger partial charge on any atom is -0.477 e. The topological polar surface area (TPSA) is 94.8 Å². The molecule has 1 aliphatic carbocycles. The lowest BCUT2D eigenvalue weighted by atomic mass is 10.1. The first-order valence-electron chi connectivity index (χ1n) is 8.93. The predicted octanol–water partition coefficient (Wildman–Crippen LogP) is 1.70. The number of hydrogen-bond donors (Lipinski definition) is 1. The zero-order valence-electron chi connectivity index (χ0n) is 14.8. The van der Waals surface area contributed by atoms with Crippen molar-refractivity contribution >= 4 is 5.91 Å². The van der Waals surface area contributed by atoms with Gasteiger partial charge in [0.05, 0.1) is 18.7 Å². The zero-order valence-corrected chi connectivity index (χ0v) is 14.8. The van der Waals surface area contributed by atoms with Crippen LogP contribution in [0.5, 0.6) is 5.88 Å². The van der Waals surface area contributed by atoms with Crippen LogP contribution in [0.15, 0.2) is 48.9 Å². The fourth-order valence-electron chi connectivity index (χ4n) is 2.58. The van der Waals surface area contributed by atoms with Crippen LogP contribution >= 0.6 is 0 Å². The predicted molar refractivity (Wildman–Crippen MR) is 97.2 cm³/mol. The van der Waals surface area contributed by atoms with E-state index in [9.17, 15) is 4.79 Å². The zero-order chi connectivity index (χ0) is 18.5. The molecule has 8 heteroatoms. The molecule has 1 fully saturated rings. The lowest BCUT2D eigenvalue weighted by Crippen LogP contribution is -2.24. The van der Waals surface area contributed by atoms with Gasteiger partial charge in [0.1, 0.15) is 6.33 Å². The van der Waals surface area contributed by atoms with Gasteiger partial charge in [0.15, 0.2) is 0 Å². The molecule has 0 radical (unpaired) electrons. The third-order valence-electron chi connectivity index (χ3n) is 4.37. The smallest absolute Gasteiger partial charge is 0.224 e. The fraction of sp³-hybridized carbons (Fsp3) is 0.316. The summed E-state index contributed by atoms with van der Waals surface area (Å²) in [5.41, 5.74) is 2.71. The molecule has 0 bridgehead atoms. The summed E-state index contributed by atoms with van der Waals surface area (Å²) in [5.74, 6) is 1.30. The molecule has 4 rings (SSSR count). The quantitative estimate of drug-likeness (QED) is 0.654. The number of amides is 1. The Balaban J connectivity index is 1.24. The minimum absolute atomic E-state index is 0.0424. The molecule has 27 heavy (non-hydrogen) atoms. The lowest BCUT2D eigenvalue weighted by Gasteiger charge is -2.08. The molecule has 0 atom stereocenters. The van der Waals surface area contributed by atoms with Crippen LogP contribution in [0.2, 0.25) is 0 Å². The number of benzene rings is 1. The Bertz CT molecular complexity index is 874. The second-order valence-corrected chi connectivity index (χ2v) is 6.63.